The van der Waals surface area contributed by atoms with Crippen LogP contribution in [0.3, 0.4) is 0 Å². The summed E-state index contributed by atoms with van der Waals surface area (Å²) in [5, 5.41) is 8.26. The molecule has 0 saturated carbocycles. The van der Waals surface area contributed by atoms with E-state index in [4.69, 9.17) is 11.4 Å². The Morgan fingerprint density at radius 3 is 2.64 bits per heavy atom. The van der Waals surface area contributed by atoms with Crippen LogP contribution in [0.5, 0.6) is 0 Å². The van der Waals surface area contributed by atoms with E-state index in [1.807, 2.05) is 4.90 Å². The number of imidazole rings is 1. The number of carbonyl (C=O) groups excluding carboxylic acids is 1. The number of fused-ring (bicyclic) bond motifs is 1. The highest BCUT2D eigenvalue weighted by Crippen LogP contribution is 2.37. The molecular formula is C21H30N6O. The van der Waals surface area contributed by atoms with Crippen LogP contribution >= 0.6 is 0 Å². The first-order chi connectivity index (χ1) is 13.6. The van der Waals surface area contributed by atoms with E-state index in [1.54, 1.807) is 0 Å². The van der Waals surface area contributed by atoms with E-state index >= 15 is 0 Å². The molecule has 1 fully saturated rings. The first-order valence-corrected chi connectivity index (χ1v) is 10.5. The molecule has 0 radical (unpaired) electrons. The van der Waals surface area contributed by atoms with Crippen molar-refractivity contribution in [3.63, 3.8) is 0 Å². The average Bonchev–Trinajstić information content (AvgIpc) is 3.43. The number of aryl methyl sites for hydroxylation is 2. The van der Waals surface area contributed by atoms with Gasteiger partial charge in [-0.15, -0.1) is 12.3 Å². The molecule has 0 N–H and O–H groups in total. The lowest BCUT2D eigenvalue weighted by molar-refractivity contribution is -0.133. The summed E-state index contributed by atoms with van der Waals surface area (Å²) in [6.07, 6.45) is 11.6. The van der Waals surface area contributed by atoms with Crippen LogP contribution in [0.1, 0.15) is 55.7 Å². The summed E-state index contributed by atoms with van der Waals surface area (Å²) in [4.78, 5) is 21.8. The molecule has 0 spiro atoms. The van der Waals surface area contributed by atoms with E-state index in [-0.39, 0.29) is 11.6 Å². The van der Waals surface area contributed by atoms with E-state index in [1.165, 1.54) is 30.1 Å². The standard InChI is InChI=1S/C21H30N6O/c1-3-4-9-21(23-24-21)10-8-20(28)26-14-12-25(13-15-26)16-18-17(2)22-19-7-5-6-11-27(18)19/h1H,4-16H2,2H3. The second-order valence-electron chi connectivity index (χ2n) is 8.21. The zero-order chi connectivity index (χ0) is 19.6. The summed E-state index contributed by atoms with van der Waals surface area (Å²) >= 11 is 0. The Kier molecular flexibility index (Phi) is 5.49. The van der Waals surface area contributed by atoms with Crippen molar-refractivity contribution in [2.45, 2.75) is 70.6 Å². The van der Waals surface area contributed by atoms with Crippen LogP contribution in [0.15, 0.2) is 10.2 Å². The summed E-state index contributed by atoms with van der Waals surface area (Å²) in [5.41, 5.74) is 2.18. The Bertz CT molecular complexity index is 791. The molecule has 0 atom stereocenters. The van der Waals surface area contributed by atoms with Crippen molar-refractivity contribution < 1.29 is 4.79 Å². The molecule has 3 aliphatic rings. The minimum atomic E-state index is -0.359. The van der Waals surface area contributed by atoms with Crippen molar-refractivity contribution in [3.05, 3.63) is 17.2 Å². The number of hydrogen-bond acceptors (Lipinski definition) is 5. The number of terminal acetylenes is 1. The third kappa shape index (κ3) is 4.12. The molecule has 1 aromatic rings. The third-order valence-corrected chi connectivity index (χ3v) is 6.27. The van der Waals surface area contributed by atoms with E-state index in [2.05, 4.69) is 32.5 Å². The van der Waals surface area contributed by atoms with Crippen LogP contribution in [-0.2, 0) is 24.3 Å². The topological polar surface area (TPSA) is 66.1 Å². The molecule has 0 bridgehead atoms. The predicted molar refractivity (Wildman–Crippen MR) is 107 cm³/mol. The van der Waals surface area contributed by atoms with Gasteiger partial charge >= 0.3 is 0 Å². The molecule has 0 unspecified atom stereocenters. The van der Waals surface area contributed by atoms with Crippen molar-refractivity contribution in [2.75, 3.05) is 26.2 Å². The minimum absolute atomic E-state index is 0.218. The molecule has 1 amide bonds. The van der Waals surface area contributed by atoms with Crippen LogP contribution in [0.4, 0.5) is 0 Å². The van der Waals surface area contributed by atoms with Gasteiger partial charge in [-0.3, -0.25) is 9.69 Å². The molecule has 4 heterocycles. The molecule has 4 rings (SSSR count). The van der Waals surface area contributed by atoms with Gasteiger partial charge in [-0.25, -0.2) is 4.98 Å². The van der Waals surface area contributed by atoms with Gasteiger partial charge in [0.15, 0.2) is 5.66 Å². The summed E-state index contributed by atoms with van der Waals surface area (Å²) in [7, 11) is 0. The first-order valence-electron chi connectivity index (χ1n) is 10.5. The second kappa shape index (κ2) is 8.04. The largest absolute Gasteiger partial charge is 0.340 e. The van der Waals surface area contributed by atoms with Crippen LogP contribution in [0.2, 0.25) is 0 Å². The highest BCUT2D eigenvalue weighted by Gasteiger charge is 2.39. The Balaban J connectivity index is 1.24. The molecule has 28 heavy (non-hydrogen) atoms. The first kappa shape index (κ1) is 19.1. The summed E-state index contributed by atoms with van der Waals surface area (Å²) in [6, 6.07) is 0. The van der Waals surface area contributed by atoms with Gasteiger partial charge in [0.1, 0.15) is 5.82 Å². The maximum Gasteiger partial charge on any atom is 0.222 e. The molecule has 3 aliphatic heterocycles. The number of rotatable bonds is 7. The summed E-state index contributed by atoms with van der Waals surface area (Å²) in [6.45, 7) is 7.60. The van der Waals surface area contributed by atoms with Gasteiger partial charge in [-0.1, -0.05) is 0 Å². The van der Waals surface area contributed by atoms with E-state index in [9.17, 15) is 4.79 Å². The number of piperazine rings is 1. The number of amides is 1. The predicted octanol–water partition coefficient (Wildman–Crippen LogP) is 2.53. The fourth-order valence-electron chi connectivity index (χ4n) is 4.38. The highest BCUT2D eigenvalue weighted by atomic mass is 16.2. The van der Waals surface area contributed by atoms with Gasteiger partial charge in [-0.05, 0) is 19.8 Å². The normalized spacial score (nSPS) is 20.6. The van der Waals surface area contributed by atoms with Crippen molar-refractivity contribution in [1.82, 2.24) is 19.4 Å². The Morgan fingerprint density at radius 1 is 1.14 bits per heavy atom. The molecular weight excluding hydrogens is 352 g/mol. The quantitative estimate of drug-likeness (QED) is 0.681. The van der Waals surface area contributed by atoms with Gasteiger partial charge in [0, 0.05) is 71.4 Å². The van der Waals surface area contributed by atoms with Crippen molar-refractivity contribution >= 4 is 5.91 Å². The monoisotopic (exact) mass is 382 g/mol. The molecule has 150 valence electrons. The highest BCUT2D eigenvalue weighted by molar-refractivity contribution is 5.76. The zero-order valence-corrected chi connectivity index (χ0v) is 16.9. The number of carbonyl (C=O) groups is 1. The number of hydrogen-bond donors (Lipinski definition) is 0. The number of nitrogens with zero attached hydrogens (tertiary/aromatic N) is 6. The molecule has 0 aliphatic carbocycles. The van der Waals surface area contributed by atoms with Gasteiger partial charge in [0.25, 0.3) is 0 Å². The molecule has 7 nitrogen and oxygen atoms in total. The Morgan fingerprint density at radius 2 is 1.93 bits per heavy atom. The van der Waals surface area contributed by atoms with Crippen LogP contribution < -0.4 is 0 Å². The van der Waals surface area contributed by atoms with Crippen molar-refractivity contribution in [3.8, 4) is 12.3 Å². The Hall–Kier alpha value is -2.20. The maximum atomic E-state index is 12.6. The smallest absolute Gasteiger partial charge is 0.222 e. The SMILES string of the molecule is C#CCCC1(CCC(=O)N2CCN(Cc3c(C)nc4n3CCCC4)CC2)N=N1. The summed E-state index contributed by atoms with van der Waals surface area (Å²) in [5.74, 6) is 4.10. The third-order valence-electron chi connectivity index (χ3n) is 6.27. The van der Waals surface area contributed by atoms with E-state index in [0.29, 0.717) is 19.3 Å². The minimum Gasteiger partial charge on any atom is -0.340 e. The fraction of sp³-hybridized carbons (Fsp3) is 0.714. The van der Waals surface area contributed by atoms with Gasteiger partial charge in [-0.2, -0.15) is 10.2 Å². The fourth-order valence-corrected chi connectivity index (χ4v) is 4.38. The number of aromatic nitrogens is 2. The maximum absolute atomic E-state index is 12.6. The second-order valence-corrected chi connectivity index (χ2v) is 8.21. The van der Waals surface area contributed by atoms with Crippen LogP contribution in [0, 0.1) is 19.3 Å². The lowest BCUT2D eigenvalue weighted by atomic mass is 10.0. The zero-order valence-electron chi connectivity index (χ0n) is 16.9. The van der Waals surface area contributed by atoms with Gasteiger partial charge < -0.3 is 9.47 Å². The van der Waals surface area contributed by atoms with Crippen molar-refractivity contribution in [2.24, 2.45) is 10.2 Å². The van der Waals surface area contributed by atoms with Crippen molar-refractivity contribution in [1.29, 1.82) is 0 Å². The molecule has 7 heteroatoms. The Labute approximate surface area is 167 Å². The molecule has 1 saturated heterocycles. The lowest BCUT2D eigenvalue weighted by Crippen LogP contribution is -2.48. The van der Waals surface area contributed by atoms with Crippen LogP contribution in [0.25, 0.3) is 0 Å². The average molecular weight is 383 g/mol. The summed E-state index contributed by atoms with van der Waals surface area (Å²) < 4.78 is 2.43. The molecule has 1 aromatic heterocycles. The molecule has 0 aromatic carbocycles. The lowest BCUT2D eigenvalue weighted by Gasteiger charge is -2.35. The van der Waals surface area contributed by atoms with Crippen LogP contribution in [-0.4, -0.2) is 57.1 Å². The van der Waals surface area contributed by atoms with E-state index < -0.39 is 0 Å². The van der Waals surface area contributed by atoms with Gasteiger partial charge in [0.05, 0.1) is 11.4 Å². The van der Waals surface area contributed by atoms with E-state index in [0.717, 1.165) is 52.1 Å². The van der Waals surface area contributed by atoms with Gasteiger partial charge in [0.2, 0.25) is 5.91 Å².